The number of likely N-dealkylation sites (N-methyl/N-ethyl adjacent to an activating group) is 1. The molecule has 2 rings (SSSR count). The lowest BCUT2D eigenvalue weighted by Crippen LogP contribution is -2.51. The molecule has 2 atom stereocenters. The lowest BCUT2D eigenvalue weighted by molar-refractivity contribution is -0.121. The van der Waals surface area contributed by atoms with Crippen LogP contribution in [-0.2, 0) is 4.79 Å². The maximum atomic E-state index is 12.2. The molecule has 6 nitrogen and oxygen atoms in total. The van der Waals surface area contributed by atoms with Crippen LogP contribution in [0.1, 0.15) is 19.8 Å². The Balaban J connectivity index is 0.00000200. The van der Waals surface area contributed by atoms with Gasteiger partial charge in [0.1, 0.15) is 0 Å². The molecule has 1 saturated heterocycles. The van der Waals surface area contributed by atoms with Crippen LogP contribution in [0.3, 0.4) is 0 Å². The van der Waals surface area contributed by atoms with E-state index in [1.807, 2.05) is 14.0 Å². The zero-order chi connectivity index (χ0) is 13.7. The van der Waals surface area contributed by atoms with E-state index >= 15 is 0 Å². The first kappa shape index (κ1) is 16.8. The highest BCUT2D eigenvalue weighted by atomic mass is 35.5. The van der Waals surface area contributed by atoms with E-state index in [1.54, 1.807) is 18.5 Å². The number of anilines is 1. The van der Waals surface area contributed by atoms with Gasteiger partial charge in [0.25, 0.3) is 0 Å². The SMILES string of the molecule is CNC1CCCN(C(C)C(=O)Nc2ncccn2)C1.Cl. The van der Waals surface area contributed by atoms with Crippen molar-refractivity contribution in [3.05, 3.63) is 18.5 Å². The van der Waals surface area contributed by atoms with Crippen LogP contribution in [0.5, 0.6) is 0 Å². The minimum absolute atomic E-state index is 0. The summed E-state index contributed by atoms with van der Waals surface area (Å²) < 4.78 is 0. The van der Waals surface area contributed by atoms with Gasteiger partial charge < -0.3 is 5.32 Å². The van der Waals surface area contributed by atoms with Crippen molar-refractivity contribution in [3.63, 3.8) is 0 Å². The molecule has 0 saturated carbocycles. The maximum Gasteiger partial charge on any atom is 0.243 e. The van der Waals surface area contributed by atoms with E-state index < -0.39 is 0 Å². The fourth-order valence-electron chi connectivity index (χ4n) is 2.34. The van der Waals surface area contributed by atoms with E-state index in [-0.39, 0.29) is 24.4 Å². The largest absolute Gasteiger partial charge is 0.316 e. The maximum absolute atomic E-state index is 12.2. The van der Waals surface area contributed by atoms with Gasteiger partial charge in [0, 0.05) is 25.0 Å². The summed E-state index contributed by atoms with van der Waals surface area (Å²) in [5.41, 5.74) is 0. The molecule has 7 heteroatoms. The van der Waals surface area contributed by atoms with Gasteiger partial charge in [0.2, 0.25) is 11.9 Å². The van der Waals surface area contributed by atoms with Gasteiger partial charge in [-0.05, 0) is 39.4 Å². The number of rotatable bonds is 4. The average molecular weight is 300 g/mol. The molecule has 2 heterocycles. The molecule has 112 valence electrons. The van der Waals surface area contributed by atoms with Gasteiger partial charge in [0.15, 0.2) is 0 Å². The molecule has 0 radical (unpaired) electrons. The fraction of sp³-hybridized carbons (Fsp3) is 0.615. The van der Waals surface area contributed by atoms with Crippen molar-refractivity contribution in [1.29, 1.82) is 0 Å². The molecule has 1 aromatic rings. The van der Waals surface area contributed by atoms with E-state index in [1.165, 1.54) is 6.42 Å². The molecule has 1 aliphatic rings. The van der Waals surface area contributed by atoms with Crippen LogP contribution in [0, 0.1) is 0 Å². The highest BCUT2D eigenvalue weighted by Gasteiger charge is 2.26. The number of hydrogen-bond acceptors (Lipinski definition) is 5. The number of amides is 1. The number of likely N-dealkylation sites (tertiary alicyclic amines) is 1. The summed E-state index contributed by atoms with van der Waals surface area (Å²) in [5, 5.41) is 6.03. The second kappa shape index (κ2) is 8.14. The van der Waals surface area contributed by atoms with Crippen LogP contribution in [0.4, 0.5) is 5.95 Å². The smallest absolute Gasteiger partial charge is 0.243 e. The van der Waals surface area contributed by atoms with Crippen LogP contribution in [-0.4, -0.2) is 53.0 Å². The molecule has 0 aliphatic carbocycles. The quantitative estimate of drug-likeness (QED) is 0.865. The molecule has 2 unspecified atom stereocenters. The van der Waals surface area contributed by atoms with E-state index in [0.29, 0.717) is 12.0 Å². The van der Waals surface area contributed by atoms with Crippen LogP contribution < -0.4 is 10.6 Å². The van der Waals surface area contributed by atoms with E-state index in [0.717, 1.165) is 19.5 Å². The topological polar surface area (TPSA) is 70.2 Å². The lowest BCUT2D eigenvalue weighted by atomic mass is 10.0. The van der Waals surface area contributed by atoms with E-state index in [2.05, 4.69) is 25.5 Å². The summed E-state index contributed by atoms with van der Waals surface area (Å²) in [5.74, 6) is 0.310. The van der Waals surface area contributed by atoms with Crippen LogP contribution in [0.2, 0.25) is 0 Å². The van der Waals surface area contributed by atoms with Crippen molar-refractivity contribution < 1.29 is 4.79 Å². The number of nitrogens with zero attached hydrogens (tertiary/aromatic N) is 3. The first-order valence-electron chi connectivity index (χ1n) is 6.70. The van der Waals surface area contributed by atoms with Crippen molar-refractivity contribution in [2.45, 2.75) is 31.8 Å². The molecule has 1 fully saturated rings. The summed E-state index contributed by atoms with van der Waals surface area (Å²) in [6, 6.07) is 2.03. The van der Waals surface area contributed by atoms with E-state index in [4.69, 9.17) is 0 Å². The zero-order valence-electron chi connectivity index (χ0n) is 11.9. The van der Waals surface area contributed by atoms with Crippen LogP contribution in [0.15, 0.2) is 18.5 Å². The summed E-state index contributed by atoms with van der Waals surface area (Å²) in [6.07, 6.45) is 5.52. The molecule has 0 spiro atoms. The zero-order valence-corrected chi connectivity index (χ0v) is 12.7. The van der Waals surface area contributed by atoms with Crippen LogP contribution >= 0.6 is 12.4 Å². The highest BCUT2D eigenvalue weighted by molar-refractivity contribution is 5.93. The molecule has 20 heavy (non-hydrogen) atoms. The Bertz CT molecular complexity index is 416. The normalized spacial score (nSPS) is 20.8. The summed E-state index contributed by atoms with van der Waals surface area (Å²) in [7, 11) is 1.97. The van der Waals surface area contributed by atoms with Crippen molar-refractivity contribution in [3.8, 4) is 0 Å². The van der Waals surface area contributed by atoms with Gasteiger partial charge in [-0.3, -0.25) is 15.0 Å². The second-order valence-corrected chi connectivity index (χ2v) is 4.86. The summed E-state index contributed by atoms with van der Waals surface area (Å²) in [4.78, 5) is 22.4. The molecule has 1 amide bonds. The van der Waals surface area contributed by atoms with Crippen molar-refractivity contribution in [2.24, 2.45) is 0 Å². The van der Waals surface area contributed by atoms with Crippen LogP contribution in [0.25, 0.3) is 0 Å². The standard InChI is InChI=1S/C13H21N5O.ClH/c1-10(18-8-3-5-11(9-18)14-2)12(19)17-13-15-6-4-7-16-13;/h4,6-7,10-11,14H,3,5,8-9H2,1-2H3,(H,15,16,17,19);1H. The Kier molecular flexibility index (Phi) is 6.84. The second-order valence-electron chi connectivity index (χ2n) is 4.86. The predicted octanol–water partition coefficient (Wildman–Crippen LogP) is 0.909. The van der Waals surface area contributed by atoms with Gasteiger partial charge >= 0.3 is 0 Å². The van der Waals surface area contributed by atoms with Gasteiger partial charge in [-0.2, -0.15) is 0 Å². The van der Waals surface area contributed by atoms with Gasteiger partial charge in [-0.15, -0.1) is 12.4 Å². The van der Waals surface area contributed by atoms with Crippen molar-refractivity contribution in [1.82, 2.24) is 20.2 Å². The number of halogens is 1. The number of piperidine rings is 1. The van der Waals surface area contributed by atoms with Crippen molar-refractivity contribution in [2.75, 3.05) is 25.5 Å². The first-order valence-corrected chi connectivity index (χ1v) is 6.70. The van der Waals surface area contributed by atoms with Gasteiger partial charge in [0.05, 0.1) is 6.04 Å². The van der Waals surface area contributed by atoms with Crippen molar-refractivity contribution >= 4 is 24.3 Å². The monoisotopic (exact) mass is 299 g/mol. The third-order valence-electron chi connectivity index (χ3n) is 3.59. The predicted molar refractivity (Wildman–Crippen MR) is 81.0 cm³/mol. The number of carbonyl (C=O) groups excluding carboxylic acids is 1. The Morgan fingerprint density at radius 1 is 1.45 bits per heavy atom. The third-order valence-corrected chi connectivity index (χ3v) is 3.59. The number of nitrogens with one attached hydrogen (secondary N) is 2. The van der Waals surface area contributed by atoms with Gasteiger partial charge in [-0.25, -0.2) is 9.97 Å². The fourth-order valence-corrected chi connectivity index (χ4v) is 2.34. The number of aromatic nitrogens is 2. The Hall–Kier alpha value is -1.24. The molecule has 1 aromatic heterocycles. The van der Waals surface area contributed by atoms with Gasteiger partial charge in [-0.1, -0.05) is 0 Å². The highest BCUT2D eigenvalue weighted by Crippen LogP contribution is 2.13. The third kappa shape index (κ3) is 4.40. The lowest BCUT2D eigenvalue weighted by Gasteiger charge is -2.35. The Labute approximate surface area is 125 Å². The molecular weight excluding hydrogens is 278 g/mol. The minimum Gasteiger partial charge on any atom is -0.316 e. The molecule has 0 bridgehead atoms. The summed E-state index contributed by atoms with van der Waals surface area (Å²) in [6.45, 7) is 3.79. The van der Waals surface area contributed by atoms with E-state index in [9.17, 15) is 4.79 Å². The number of carbonyl (C=O) groups is 1. The summed E-state index contributed by atoms with van der Waals surface area (Å²) >= 11 is 0. The Morgan fingerprint density at radius 2 is 2.15 bits per heavy atom. The molecule has 2 N–H and O–H groups in total. The molecule has 1 aliphatic heterocycles. The minimum atomic E-state index is -0.167. The number of hydrogen-bond donors (Lipinski definition) is 2. The first-order chi connectivity index (χ1) is 9.20. The average Bonchev–Trinajstić information content (AvgIpc) is 2.47. The molecular formula is C13H22ClN5O. The Morgan fingerprint density at radius 3 is 2.80 bits per heavy atom. The molecule has 0 aromatic carbocycles.